The van der Waals surface area contributed by atoms with E-state index in [1.165, 1.54) is 12.1 Å². The van der Waals surface area contributed by atoms with Gasteiger partial charge in [-0.1, -0.05) is 43.6 Å². The molecule has 0 aliphatic carbocycles. The van der Waals surface area contributed by atoms with Gasteiger partial charge in [-0.25, -0.2) is 0 Å². The number of anilines is 2. The van der Waals surface area contributed by atoms with Crippen LogP contribution in [0.15, 0.2) is 42.5 Å². The van der Waals surface area contributed by atoms with Crippen LogP contribution in [-0.4, -0.2) is 29.9 Å². The van der Waals surface area contributed by atoms with Gasteiger partial charge in [0.1, 0.15) is 0 Å². The van der Waals surface area contributed by atoms with Crippen LogP contribution >= 0.6 is 11.6 Å². The van der Waals surface area contributed by atoms with Crippen molar-refractivity contribution in [2.24, 2.45) is 5.92 Å². The summed E-state index contributed by atoms with van der Waals surface area (Å²) in [6.07, 6.45) is -2.48. The van der Waals surface area contributed by atoms with Crippen LogP contribution in [0.1, 0.15) is 44.2 Å². The number of halogens is 4. The fourth-order valence-corrected chi connectivity index (χ4v) is 4.21. The number of amides is 1. The Morgan fingerprint density at radius 3 is 2.62 bits per heavy atom. The number of nitrogen functional groups attached to an aromatic ring is 1. The molecule has 2 aromatic rings. The molecule has 0 spiro atoms. The van der Waals surface area contributed by atoms with E-state index in [1.54, 1.807) is 24.3 Å². The molecule has 1 saturated heterocycles. The van der Waals surface area contributed by atoms with Gasteiger partial charge < -0.3 is 15.5 Å². The summed E-state index contributed by atoms with van der Waals surface area (Å²) in [5.74, 6) is 0.525. The summed E-state index contributed by atoms with van der Waals surface area (Å²) in [7, 11) is 0. The molecule has 2 N–H and O–H groups in total. The van der Waals surface area contributed by atoms with Gasteiger partial charge in [0.15, 0.2) is 0 Å². The highest BCUT2D eigenvalue weighted by Crippen LogP contribution is 2.35. The number of nitrogens with zero attached hydrogens (tertiary/aromatic N) is 2. The van der Waals surface area contributed by atoms with E-state index in [9.17, 15) is 18.0 Å². The lowest BCUT2D eigenvalue weighted by atomic mass is 10.0. The number of rotatable bonds is 7. The van der Waals surface area contributed by atoms with Crippen molar-refractivity contribution < 1.29 is 18.0 Å². The minimum atomic E-state index is -4.45. The van der Waals surface area contributed by atoms with Gasteiger partial charge in [0.05, 0.1) is 16.3 Å². The zero-order chi connectivity index (χ0) is 23.5. The second-order valence-electron chi connectivity index (χ2n) is 8.70. The predicted molar refractivity (Wildman–Crippen MR) is 123 cm³/mol. The van der Waals surface area contributed by atoms with Gasteiger partial charge in [-0.15, -0.1) is 0 Å². The highest BCUT2D eigenvalue weighted by molar-refractivity contribution is 6.33. The van der Waals surface area contributed by atoms with Crippen LogP contribution in [0.2, 0.25) is 5.02 Å². The Morgan fingerprint density at radius 1 is 1.25 bits per heavy atom. The minimum absolute atomic E-state index is 0.0502. The number of nitrogens with two attached hydrogens (primary N) is 1. The van der Waals surface area contributed by atoms with Crippen LogP contribution in [0.4, 0.5) is 24.5 Å². The van der Waals surface area contributed by atoms with E-state index in [1.807, 2.05) is 9.80 Å². The first-order valence-electron chi connectivity index (χ1n) is 10.8. The van der Waals surface area contributed by atoms with Crippen molar-refractivity contribution in [3.63, 3.8) is 0 Å². The second kappa shape index (κ2) is 10.0. The summed E-state index contributed by atoms with van der Waals surface area (Å²) >= 11 is 6.23. The molecule has 1 aliphatic rings. The molecule has 2 aromatic carbocycles. The number of likely N-dealkylation sites (tertiary alicyclic amines) is 1. The molecule has 1 atom stereocenters. The van der Waals surface area contributed by atoms with Crippen molar-refractivity contribution in [3.05, 3.63) is 58.6 Å². The summed E-state index contributed by atoms with van der Waals surface area (Å²) in [5.41, 5.74) is 6.45. The largest absolute Gasteiger partial charge is 0.416 e. The number of alkyl halides is 3. The van der Waals surface area contributed by atoms with Crippen molar-refractivity contribution >= 4 is 28.9 Å². The average molecular weight is 468 g/mol. The van der Waals surface area contributed by atoms with Crippen LogP contribution in [0.25, 0.3) is 0 Å². The third-order valence-corrected chi connectivity index (χ3v) is 6.20. The molecule has 1 heterocycles. The van der Waals surface area contributed by atoms with Crippen LogP contribution in [0, 0.1) is 5.92 Å². The monoisotopic (exact) mass is 467 g/mol. The molecule has 0 bridgehead atoms. The van der Waals surface area contributed by atoms with Crippen molar-refractivity contribution in [1.29, 1.82) is 0 Å². The van der Waals surface area contributed by atoms with E-state index < -0.39 is 11.7 Å². The van der Waals surface area contributed by atoms with Gasteiger partial charge >= 0.3 is 6.18 Å². The van der Waals surface area contributed by atoms with E-state index in [0.29, 0.717) is 48.2 Å². The Morgan fingerprint density at radius 2 is 1.97 bits per heavy atom. The van der Waals surface area contributed by atoms with Gasteiger partial charge in [0, 0.05) is 37.8 Å². The third-order valence-electron chi connectivity index (χ3n) is 5.87. The molecule has 0 aromatic heterocycles. The molecule has 1 fully saturated rings. The molecule has 1 aliphatic heterocycles. The molecule has 0 saturated carbocycles. The topological polar surface area (TPSA) is 49.6 Å². The van der Waals surface area contributed by atoms with E-state index in [-0.39, 0.29) is 24.1 Å². The Balaban J connectivity index is 1.88. The first-order valence-corrected chi connectivity index (χ1v) is 11.2. The van der Waals surface area contributed by atoms with Crippen LogP contribution in [-0.2, 0) is 17.5 Å². The van der Waals surface area contributed by atoms with Crippen molar-refractivity contribution in [1.82, 2.24) is 4.90 Å². The van der Waals surface area contributed by atoms with Crippen LogP contribution in [0.3, 0.4) is 0 Å². The van der Waals surface area contributed by atoms with Gasteiger partial charge in [0.2, 0.25) is 5.91 Å². The lowest BCUT2D eigenvalue weighted by Gasteiger charge is -2.32. The summed E-state index contributed by atoms with van der Waals surface area (Å²) in [4.78, 5) is 16.3. The predicted octanol–water partition coefficient (Wildman–Crippen LogP) is 5.98. The maximum Gasteiger partial charge on any atom is 0.416 e. The Hall–Kier alpha value is -2.41. The summed E-state index contributed by atoms with van der Waals surface area (Å²) < 4.78 is 40.8. The van der Waals surface area contributed by atoms with Crippen LogP contribution < -0.4 is 10.6 Å². The van der Waals surface area contributed by atoms with E-state index in [4.69, 9.17) is 17.3 Å². The Bertz CT molecular complexity index is 948. The van der Waals surface area contributed by atoms with E-state index in [0.717, 1.165) is 12.5 Å². The van der Waals surface area contributed by atoms with Crippen LogP contribution in [0.5, 0.6) is 0 Å². The quantitative estimate of drug-likeness (QED) is 0.509. The third kappa shape index (κ3) is 5.88. The van der Waals surface area contributed by atoms with E-state index >= 15 is 0 Å². The molecule has 3 rings (SSSR count). The zero-order valence-electron chi connectivity index (χ0n) is 18.3. The average Bonchev–Trinajstić information content (AvgIpc) is 3.22. The van der Waals surface area contributed by atoms with Gasteiger partial charge in [0.25, 0.3) is 0 Å². The first kappa shape index (κ1) is 24.2. The number of benzene rings is 2. The fourth-order valence-electron chi connectivity index (χ4n) is 4.04. The van der Waals surface area contributed by atoms with Crippen molar-refractivity contribution in [3.8, 4) is 0 Å². The standard InChI is InChI=1S/C24H29ClF3N3O/c1-16(2)7-10-23(32)30-12-11-19(15-30)31(18-8-9-22(29)21(25)13-18)14-17-5-3-4-6-20(17)24(26,27)28/h3-6,8-9,13,16,19H,7,10-12,14-15,29H2,1-2H3/t19-/m0/s1. The fraction of sp³-hybridized carbons (Fsp3) is 0.458. The molecule has 1 amide bonds. The molecule has 4 nitrogen and oxygen atoms in total. The minimum Gasteiger partial charge on any atom is -0.398 e. The number of hydrogen-bond donors (Lipinski definition) is 1. The maximum absolute atomic E-state index is 13.6. The highest BCUT2D eigenvalue weighted by Gasteiger charge is 2.35. The lowest BCUT2D eigenvalue weighted by molar-refractivity contribution is -0.138. The number of carbonyl (C=O) groups excluding carboxylic acids is 1. The SMILES string of the molecule is CC(C)CCC(=O)N1CC[C@H](N(Cc2ccccc2C(F)(F)F)c2ccc(N)c(Cl)c2)C1. The highest BCUT2D eigenvalue weighted by atomic mass is 35.5. The molecular formula is C24H29ClF3N3O. The zero-order valence-corrected chi connectivity index (χ0v) is 19.1. The molecule has 0 radical (unpaired) electrons. The Kier molecular flexibility index (Phi) is 7.59. The van der Waals surface area contributed by atoms with E-state index in [2.05, 4.69) is 13.8 Å². The number of hydrogen-bond acceptors (Lipinski definition) is 3. The van der Waals surface area contributed by atoms with Gasteiger partial charge in [-0.05, 0) is 48.6 Å². The van der Waals surface area contributed by atoms with Gasteiger partial charge in [-0.2, -0.15) is 13.2 Å². The number of carbonyl (C=O) groups is 1. The molecule has 174 valence electrons. The smallest absolute Gasteiger partial charge is 0.398 e. The van der Waals surface area contributed by atoms with Gasteiger partial charge in [-0.3, -0.25) is 4.79 Å². The molecule has 8 heteroatoms. The first-order chi connectivity index (χ1) is 15.1. The maximum atomic E-state index is 13.6. The normalized spacial score (nSPS) is 16.6. The van der Waals surface area contributed by atoms with Crippen molar-refractivity contribution in [2.45, 2.75) is 51.9 Å². The summed E-state index contributed by atoms with van der Waals surface area (Å²) in [6, 6.07) is 10.6. The molecular weight excluding hydrogens is 439 g/mol. The van der Waals surface area contributed by atoms with Crippen molar-refractivity contribution in [2.75, 3.05) is 23.7 Å². The molecule has 0 unspecified atom stereocenters. The summed E-state index contributed by atoms with van der Waals surface area (Å²) in [5, 5.41) is 0.347. The summed E-state index contributed by atoms with van der Waals surface area (Å²) in [6.45, 7) is 5.25. The lowest BCUT2D eigenvalue weighted by Crippen LogP contribution is -2.39. The molecule has 32 heavy (non-hydrogen) atoms. The Labute approximate surface area is 192 Å². The second-order valence-corrected chi connectivity index (χ2v) is 9.11.